The van der Waals surface area contributed by atoms with Gasteiger partial charge in [-0.3, -0.25) is 0 Å². The lowest BCUT2D eigenvalue weighted by atomic mass is 10.6. The Kier molecular flexibility index (Phi) is 4.46. The molecule has 0 atom stereocenters. The van der Waals surface area contributed by atoms with E-state index in [2.05, 4.69) is 4.18 Å². The molecule has 0 spiro atoms. The van der Waals surface area contributed by atoms with E-state index in [-0.39, 0.29) is 35.0 Å². The molecule has 1 saturated heterocycles. The molecule has 0 aromatic rings. The van der Waals surface area contributed by atoms with Crippen LogP contribution in [0.1, 0.15) is 6.42 Å². The second-order valence-corrected chi connectivity index (χ2v) is 7.43. The third kappa shape index (κ3) is 3.20. The molecule has 1 aliphatic heterocycles. The van der Waals surface area contributed by atoms with Gasteiger partial charge in [0, 0.05) is 0 Å². The zero-order chi connectivity index (χ0) is 14.2. The van der Waals surface area contributed by atoms with E-state index in [0.29, 0.717) is 6.42 Å². The fourth-order valence-electron chi connectivity index (χ4n) is 0.964. The van der Waals surface area contributed by atoms with Gasteiger partial charge in [-0.2, -0.15) is 34.8 Å². The standard InChI is InChI=1S/C6H6F6O3S3/c7-4(8,9)5(16-2-1-3-17-5)15-18(13,14)6(10,11)12/h1-3H2. The first-order valence-corrected chi connectivity index (χ1v) is 7.66. The molecular formula is C6H6F6O3S3. The average Bonchev–Trinajstić information content (AvgIpc) is 2.14. The summed E-state index contributed by atoms with van der Waals surface area (Å²) in [5.41, 5.74) is -5.89. The second kappa shape index (κ2) is 4.94. The minimum absolute atomic E-state index is 0.00285. The van der Waals surface area contributed by atoms with Gasteiger partial charge < -0.3 is 0 Å². The Hall–Kier alpha value is 0.190. The Morgan fingerprint density at radius 1 is 1.00 bits per heavy atom. The lowest BCUT2D eigenvalue weighted by Crippen LogP contribution is -2.47. The summed E-state index contributed by atoms with van der Waals surface area (Å²) in [5, 5.41) is 0. The number of thioether (sulfide) groups is 2. The fraction of sp³-hybridized carbons (Fsp3) is 1.00. The van der Waals surface area contributed by atoms with E-state index < -0.39 is 26.1 Å². The second-order valence-electron chi connectivity index (χ2n) is 3.09. The Morgan fingerprint density at radius 3 is 1.78 bits per heavy atom. The summed E-state index contributed by atoms with van der Waals surface area (Å²) in [5.74, 6) is -0.278. The predicted molar refractivity (Wildman–Crippen MR) is 54.4 cm³/mol. The first-order valence-electron chi connectivity index (χ1n) is 4.28. The largest absolute Gasteiger partial charge is 0.523 e. The number of alkyl halides is 6. The quantitative estimate of drug-likeness (QED) is 0.441. The van der Waals surface area contributed by atoms with Crippen LogP contribution in [-0.2, 0) is 14.3 Å². The minimum atomic E-state index is -6.30. The summed E-state index contributed by atoms with van der Waals surface area (Å²) in [6.45, 7) is 0. The maximum absolute atomic E-state index is 12.7. The van der Waals surface area contributed by atoms with Gasteiger partial charge in [-0.25, -0.2) is 4.18 Å². The van der Waals surface area contributed by atoms with E-state index in [1.807, 2.05) is 0 Å². The van der Waals surface area contributed by atoms with Crippen molar-refractivity contribution in [2.24, 2.45) is 0 Å². The normalized spacial score (nSPS) is 21.9. The average molecular weight is 336 g/mol. The zero-order valence-electron chi connectivity index (χ0n) is 8.34. The van der Waals surface area contributed by atoms with Crippen molar-refractivity contribution >= 4 is 33.6 Å². The molecular weight excluding hydrogens is 330 g/mol. The van der Waals surface area contributed by atoms with Gasteiger partial charge in [0.2, 0.25) is 0 Å². The highest BCUT2D eigenvalue weighted by Gasteiger charge is 2.64. The molecule has 0 radical (unpaired) electrons. The van der Waals surface area contributed by atoms with Gasteiger partial charge in [-0.05, 0) is 17.9 Å². The van der Waals surface area contributed by atoms with Crippen LogP contribution < -0.4 is 0 Å². The smallest absolute Gasteiger partial charge is 0.224 e. The van der Waals surface area contributed by atoms with Gasteiger partial charge in [-0.1, -0.05) is 0 Å². The van der Waals surface area contributed by atoms with Crippen LogP contribution in [0.25, 0.3) is 0 Å². The maximum Gasteiger partial charge on any atom is 0.523 e. The topological polar surface area (TPSA) is 43.4 Å². The molecule has 0 N–H and O–H groups in total. The summed E-state index contributed by atoms with van der Waals surface area (Å²) in [7, 11) is -6.30. The van der Waals surface area contributed by atoms with Crippen molar-refractivity contribution in [2.75, 3.05) is 11.5 Å². The number of rotatable bonds is 2. The minimum Gasteiger partial charge on any atom is -0.224 e. The van der Waals surface area contributed by atoms with Gasteiger partial charge in [-0.15, -0.1) is 23.5 Å². The van der Waals surface area contributed by atoms with Gasteiger partial charge in [0.25, 0.3) is 4.27 Å². The van der Waals surface area contributed by atoms with Crippen molar-refractivity contribution in [3.63, 3.8) is 0 Å². The molecule has 12 heteroatoms. The van der Waals surface area contributed by atoms with E-state index >= 15 is 0 Å². The van der Waals surface area contributed by atoms with E-state index in [1.165, 1.54) is 0 Å². The molecule has 1 heterocycles. The molecule has 1 rings (SSSR count). The predicted octanol–water partition coefficient (Wildman–Crippen LogP) is 2.94. The molecule has 18 heavy (non-hydrogen) atoms. The van der Waals surface area contributed by atoms with Gasteiger partial charge >= 0.3 is 21.8 Å². The number of hydrogen-bond donors (Lipinski definition) is 0. The van der Waals surface area contributed by atoms with Crippen LogP contribution in [0.5, 0.6) is 0 Å². The summed E-state index contributed by atoms with van der Waals surface area (Å²) < 4.78 is 95.7. The van der Waals surface area contributed by atoms with Gasteiger partial charge in [0.05, 0.1) is 0 Å². The molecule has 1 fully saturated rings. The van der Waals surface area contributed by atoms with Crippen molar-refractivity contribution in [1.29, 1.82) is 0 Å². The Balaban J connectivity index is 3.08. The van der Waals surface area contributed by atoms with Crippen molar-refractivity contribution in [3.05, 3.63) is 0 Å². The molecule has 0 bridgehead atoms. The molecule has 0 amide bonds. The highest BCUT2D eigenvalue weighted by molar-refractivity contribution is 8.19. The van der Waals surface area contributed by atoms with Crippen LogP contribution in [-0.4, -0.2) is 35.9 Å². The van der Waals surface area contributed by atoms with Crippen LogP contribution in [0.2, 0.25) is 0 Å². The highest BCUT2D eigenvalue weighted by atomic mass is 32.2. The fourth-order valence-corrected chi connectivity index (χ4v) is 4.82. The van der Waals surface area contributed by atoms with Gasteiger partial charge in [0.1, 0.15) is 0 Å². The first kappa shape index (κ1) is 16.2. The maximum atomic E-state index is 12.7. The molecule has 3 nitrogen and oxygen atoms in total. The molecule has 108 valence electrons. The van der Waals surface area contributed by atoms with Crippen molar-refractivity contribution in [3.8, 4) is 0 Å². The highest BCUT2D eigenvalue weighted by Crippen LogP contribution is 2.55. The van der Waals surface area contributed by atoms with Crippen LogP contribution in [0.3, 0.4) is 0 Å². The van der Waals surface area contributed by atoms with E-state index in [9.17, 15) is 34.8 Å². The Labute approximate surface area is 107 Å². The molecule has 0 aromatic carbocycles. The number of hydrogen-bond acceptors (Lipinski definition) is 5. The van der Waals surface area contributed by atoms with Crippen molar-refractivity contribution in [2.45, 2.75) is 22.4 Å². The molecule has 1 aliphatic rings. The Morgan fingerprint density at radius 2 is 1.44 bits per heavy atom. The van der Waals surface area contributed by atoms with Crippen LogP contribution >= 0.6 is 23.5 Å². The van der Waals surface area contributed by atoms with Crippen molar-refractivity contribution < 1.29 is 38.9 Å². The lowest BCUT2D eigenvalue weighted by molar-refractivity contribution is -0.181. The van der Waals surface area contributed by atoms with Crippen LogP contribution in [0.4, 0.5) is 26.3 Å². The van der Waals surface area contributed by atoms with Gasteiger partial charge in [0.15, 0.2) is 0 Å². The molecule has 0 aromatic heterocycles. The summed E-state index contributed by atoms with van der Waals surface area (Å²) in [6, 6.07) is 0. The third-order valence-corrected chi connectivity index (χ3v) is 6.05. The lowest BCUT2D eigenvalue weighted by Gasteiger charge is -2.35. The Bertz CT molecular complexity index is 394. The molecule has 0 saturated carbocycles. The van der Waals surface area contributed by atoms with E-state index in [0.717, 1.165) is 0 Å². The van der Waals surface area contributed by atoms with Crippen LogP contribution in [0.15, 0.2) is 0 Å². The SMILES string of the molecule is O=S(=O)(OC1(C(F)(F)F)SCCCS1)C(F)(F)F. The first-order chi connectivity index (χ1) is 7.91. The third-order valence-electron chi connectivity index (χ3n) is 1.72. The molecule has 0 aliphatic carbocycles. The van der Waals surface area contributed by atoms with E-state index in [1.54, 1.807) is 0 Å². The number of halogens is 6. The van der Waals surface area contributed by atoms with Crippen molar-refractivity contribution in [1.82, 2.24) is 0 Å². The van der Waals surface area contributed by atoms with Crippen LogP contribution in [0, 0.1) is 0 Å². The summed E-state index contributed by atoms with van der Waals surface area (Å²) in [4.78, 5) is 0. The zero-order valence-corrected chi connectivity index (χ0v) is 10.8. The monoisotopic (exact) mass is 336 g/mol. The van der Waals surface area contributed by atoms with E-state index in [4.69, 9.17) is 0 Å². The summed E-state index contributed by atoms with van der Waals surface area (Å²) >= 11 is -0.00569. The molecule has 0 unspecified atom stereocenters. The summed E-state index contributed by atoms with van der Waals surface area (Å²) in [6.07, 6.45) is -4.91.